The molecule has 0 saturated carbocycles. The number of azide groups is 1. The highest BCUT2D eigenvalue weighted by atomic mass is 16.6. The maximum atomic E-state index is 11.8. The Morgan fingerprint density at radius 3 is 2.56 bits per heavy atom. The van der Waals surface area contributed by atoms with Crippen LogP contribution in [0.25, 0.3) is 10.4 Å². The van der Waals surface area contributed by atoms with Crippen molar-refractivity contribution in [2.45, 2.75) is 44.9 Å². The Bertz CT molecular complexity index is 397. The van der Waals surface area contributed by atoms with Gasteiger partial charge in [0.1, 0.15) is 11.6 Å². The van der Waals surface area contributed by atoms with Gasteiger partial charge in [0.2, 0.25) is 0 Å². The molecule has 0 bridgehead atoms. The maximum absolute atomic E-state index is 11.8. The van der Waals surface area contributed by atoms with Crippen molar-refractivity contribution in [3.63, 3.8) is 0 Å². The molecule has 0 aliphatic carbocycles. The lowest BCUT2D eigenvalue weighted by atomic mass is 10.1. The summed E-state index contributed by atoms with van der Waals surface area (Å²) in [5, 5.41) is 12.5. The van der Waals surface area contributed by atoms with Gasteiger partial charge in [0.25, 0.3) is 0 Å². The summed E-state index contributed by atoms with van der Waals surface area (Å²) in [4.78, 5) is 26.7. The minimum absolute atomic E-state index is 0.204. The summed E-state index contributed by atoms with van der Waals surface area (Å²) in [6.45, 7) is 5.29. The average molecular weight is 256 g/mol. The van der Waals surface area contributed by atoms with Crippen molar-refractivity contribution in [2.24, 2.45) is 5.11 Å². The normalized spacial score (nSPS) is 23.4. The molecule has 0 radical (unpaired) electrons. The predicted octanol–water partition coefficient (Wildman–Crippen LogP) is 1.76. The van der Waals surface area contributed by atoms with Crippen LogP contribution in [0, 0.1) is 0 Å². The van der Waals surface area contributed by atoms with Crippen LogP contribution in [-0.4, -0.2) is 46.3 Å². The second-order valence-corrected chi connectivity index (χ2v) is 5.02. The Morgan fingerprint density at radius 2 is 2.11 bits per heavy atom. The monoisotopic (exact) mass is 256 g/mol. The molecule has 1 N–H and O–H groups in total. The number of hydrogen-bond donors (Lipinski definition) is 1. The predicted molar refractivity (Wildman–Crippen MR) is 61.9 cm³/mol. The maximum Gasteiger partial charge on any atom is 0.411 e. The molecule has 1 amide bonds. The van der Waals surface area contributed by atoms with Gasteiger partial charge < -0.3 is 9.84 Å². The van der Waals surface area contributed by atoms with E-state index in [1.165, 1.54) is 0 Å². The molecule has 1 aliphatic rings. The fourth-order valence-corrected chi connectivity index (χ4v) is 1.79. The van der Waals surface area contributed by atoms with Gasteiger partial charge in [0.15, 0.2) is 0 Å². The summed E-state index contributed by atoms with van der Waals surface area (Å²) < 4.78 is 5.12. The lowest BCUT2D eigenvalue weighted by Gasteiger charge is -2.27. The third-order valence-corrected chi connectivity index (χ3v) is 2.45. The van der Waals surface area contributed by atoms with E-state index in [-0.39, 0.29) is 6.54 Å². The number of hydrogen-bond acceptors (Lipinski definition) is 4. The molecular formula is C10H16N4O4. The molecule has 1 aliphatic heterocycles. The lowest BCUT2D eigenvalue weighted by Crippen LogP contribution is -2.46. The third-order valence-electron chi connectivity index (χ3n) is 2.45. The number of carbonyl (C=O) groups is 2. The highest BCUT2D eigenvalue weighted by molar-refractivity contribution is 5.81. The van der Waals surface area contributed by atoms with Crippen LogP contribution in [0.3, 0.4) is 0 Å². The number of carboxylic acids is 1. The van der Waals surface area contributed by atoms with Crippen LogP contribution < -0.4 is 0 Å². The largest absolute Gasteiger partial charge is 0.480 e. The summed E-state index contributed by atoms with van der Waals surface area (Å²) in [6.07, 6.45) is -0.383. The zero-order valence-electron chi connectivity index (χ0n) is 10.5. The summed E-state index contributed by atoms with van der Waals surface area (Å²) in [5.74, 6) is -1.20. The molecule has 1 rings (SSSR count). The number of carboxylic acid groups (broad SMARTS) is 1. The van der Waals surface area contributed by atoms with Crippen LogP contribution in [0.5, 0.6) is 0 Å². The van der Waals surface area contributed by atoms with E-state index in [0.29, 0.717) is 6.42 Å². The SMILES string of the molecule is CC(C)(C)OC(=O)N1CC[C@H](N=[N+]=[N-])[C@H]1C(=O)O. The van der Waals surface area contributed by atoms with Gasteiger partial charge in [-0.1, -0.05) is 5.11 Å². The zero-order valence-corrected chi connectivity index (χ0v) is 10.5. The van der Waals surface area contributed by atoms with E-state index in [9.17, 15) is 9.59 Å². The van der Waals surface area contributed by atoms with Gasteiger partial charge in [0.05, 0.1) is 6.04 Å². The minimum atomic E-state index is -1.20. The third kappa shape index (κ3) is 3.27. The molecule has 18 heavy (non-hydrogen) atoms. The fraction of sp³-hybridized carbons (Fsp3) is 0.800. The Labute approximate surface area is 104 Å². The Kier molecular flexibility index (Phi) is 4.03. The van der Waals surface area contributed by atoms with Gasteiger partial charge in [-0.15, -0.1) is 0 Å². The average Bonchev–Trinajstić information content (AvgIpc) is 2.59. The van der Waals surface area contributed by atoms with Gasteiger partial charge in [-0.2, -0.15) is 0 Å². The minimum Gasteiger partial charge on any atom is -0.480 e. The first kappa shape index (κ1) is 14.1. The molecule has 1 saturated heterocycles. The van der Waals surface area contributed by atoms with Crippen LogP contribution in [0.15, 0.2) is 5.11 Å². The molecule has 2 atom stereocenters. The summed E-state index contributed by atoms with van der Waals surface area (Å²) >= 11 is 0. The molecule has 0 spiro atoms. The highest BCUT2D eigenvalue weighted by Gasteiger charge is 2.43. The number of likely N-dealkylation sites (tertiary alicyclic amines) is 1. The van der Waals surface area contributed by atoms with Gasteiger partial charge in [0, 0.05) is 11.5 Å². The molecule has 0 aromatic heterocycles. The Hall–Kier alpha value is -1.95. The van der Waals surface area contributed by atoms with E-state index in [0.717, 1.165) is 4.90 Å². The van der Waals surface area contributed by atoms with Crippen molar-refractivity contribution < 1.29 is 19.4 Å². The van der Waals surface area contributed by atoms with Crippen LogP contribution in [0.1, 0.15) is 27.2 Å². The standard InChI is InChI=1S/C10H16N4O4/c1-10(2,3)18-9(17)14-5-4-6(12-13-11)7(14)8(15)16/h6-7H,4-5H2,1-3H3,(H,15,16)/t6-,7-/m0/s1. The topological polar surface area (TPSA) is 116 Å². The van der Waals surface area contributed by atoms with E-state index in [1.807, 2.05) is 0 Å². The molecule has 0 unspecified atom stereocenters. The molecular weight excluding hydrogens is 240 g/mol. The summed E-state index contributed by atoms with van der Waals surface area (Å²) in [6, 6.07) is -1.91. The molecule has 100 valence electrons. The van der Waals surface area contributed by atoms with Crippen molar-refractivity contribution in [1.29, 1.82) is 0 Å². The van der Waals surface area contributed by atoms with Crippen molar-refractivity contribution in [3.8, 4) is 0 Å². The van der Waals surface area contributed by atoms with Crippen molar-refractivity contribution >= 4 is 12.1 Å². The second-order valence-electron chi connectivity index (χ2n) is 5.02. The molecule has 8 heteroatoms. The quantitative estimate of drug-likeness (QED) is 0.460. The number of nitrogens with zero attached hydrogens (tertiary/aromatic N) is 4. The molecule has 0 aromatic carbocycles. The van der Waals surface area contributed by atoms with E-state index in [2.05, 4.69) is 10.0 Å². The van der Waals surface area contributed by atoms with Crippen LogP contribution in [0.4, 0.5) is 4.79 Å². The number of ether oxygens (including phenoxy) is 1. The number of aliphatic carboxylic acids is 1. The van der Waals surface area contributed by atoms with E-state index in [4.69, 9.17) is 15.4 Å². The highest BCUT2D eigenvalue weighted by Crippen LogP contribution is 2.24. The lowest BCUT2D eigenvalue weighted by molar-refractivity contribution is -0.142. The summed E-state index contributed by atoms with van der Waals surface area (Å²) in [7, 11) is 0. The Balaban J connectivity index is 2.86. The van der Waals surface area contributed by atoms with E-state index < -0.39 is 29.7 Å². The van der Waals surface area contributed by atoms with Crippen LogP contribution >= 0.6 is 0 Å². The molecule has 1 heterocycles. The van der Waals surface area contributed by atoms with Gasteiger partial charge in [-0.3, -0.25) is 4.90 Å². The van der Waals surface area contributed by atoms with Gasteiger partial charge in [-0.25, -0.2) is 9.59 Å². The van der Waals surface area contributed by atoms with Crippen LogP contribution in [-0.2, 0) is 9.53 Å². The fourth-order valence-electron chi connectivity index (χ4n) is 1.79. The summed E-state index contributed by atoms with van der Waals surface area (Å²) in [5.41, 5.74) is 7.67. The Morgan fingerprint density at radius 1 is 1.50 bits per heavy atom. The van der Waals surface area contributed by atoms with Crippen molar-refractivity contribution in [2.75, 3.05) is 6.54 Å². The first-order valence-corrected chi connectivity index (χ1v) is 5.53. The molecule has 0 aromatic rings. The first-order valence-electron chi connectivity index (χ1n) is 5.53. The second kappa shape index (κ2) is 5.14. The van der Waals surface area contributed by atoms with Crippen LogP contribution in [0.2, 0.25) is 0 Å². The number of rotatable bonds is 2. The smallest absolute Gasteiger partial charge is 0.411 e. The van der Waals surface area contributed by atoms with Crippen molar-refractivity contribution in [3.05, 3.63) is 10.4 Å². The number of carbonyl (C=O) groups excluding carboxylic acids is 1. The molecule has 8 nitrogen and oxygen atoms in total. The van der Waals surface area contributed by atoms with E-state index >= 15 is 0 Å². The first-order chi connectivity index (χ1) is 8.26. The van der Waals surface area contributed by atoms with Gasteiger partial charge in [-0.05, 0) is 32.7 Å². The molecule has 1 fully saturated rings. The number of amides is 1. The van der Waals surface area contributed by atoms with Crippen molar-refractivity contribution in [1.82, 2.24) is 4.90 Å². The zero-order chi connectivity index (χ0) is 13.9. The van der Waals surface area contributed by atoms with E-state index in [1.54, 1.807) is 20.8 Å². The van der Waals surface area contributed by atoms with Gasteiger partial charge >= 0.3 is 12.1 Å².